The van der Waals surface area contributed by atoms with Gasteiger partial charge < -0.3 is 9.64 Å². The van der Waals surface area contributed by atoms with Crippen molar-refractivity contribution in [3.05, 3.63) is 11.6 Å². The molecule has 19 heavy (non-hydrogen) atoms. The van der Waals surface area contributed by atoms with Crippen LogP contribution < -0.4 is 0 Å². The summed E-state index contributed by atoms with van der Waals surface area (Å²) in [5, 5.41) is 0. The summed E-state index contributed by atoms with van der Waals surface area (Å²) in [5.74, 6) is 0. The van der Waals surface area contributed by atoms with E-state index in [4.69, 9.17) is 4.74 Å². The number of hydrogen-bond donors (Lipinski definition) is 0. The lowest BCUT2D eigenvalue weighted by atomic mass is 9.96. The van der Waals surface area contributed by atoms with Crippen LogP contribution in [0.4, 0.5) is 4.79 Å². The Morgan fingerprint density at radius 2 is 2.05 bits per heavy atom. The summed E-state index contributed by atoms with van der Waals surface area (Å²) in [7, 11) is 4.07. The first kappa shape index (κ1) is 16.0. The molecule has 1 rings (SSSR count). The molecule has 4 nitrogen and oxygen atoms in total. The third kappa shape index (κ3) is 4.23. The topological polar surface area (TPSA) is 32.8 Å². The Morgan fingerprint density at radius 3 is 2.47 bits per heavy atom. The highest BCUT2D eigenvalue weighted by Gasteiger charge is 2.33. The number of carbonyl (C=O) groups excluding carboxylic acids is 1. The van der Waals surface area contributed by atoms with E-state index in [1.54, 1.807) is 0 Å². The van der Waals surface area contributed by atoms with E-state index in [9.17, 15) is 4.79 Å². The van der Waals surface area contributed by atoms with Crippen LogP contribution in [0.25, 0.3) is 0 Å². The highest BCUT2D eigenvalue weighted by atomic mass is 16.6. The lowest BCUT2D eigenvalue weighted by Gasteiger charge is -2.40. The summed E-state index contributed by atoms with van der Waals surface area (Å²) in [4.78, 5) is 16.4. The average Bonchev–Trinajstić information content (AvgIpc) is 2.25. The maximum atomic E-state index is 12.4. The molecule has 1 aliphatic rings. The molecule has 2 atom stereocenters. The van der Waals surface area contributed by atoms with Gasteiger partial charge in [-0.1, -0.05) is 18.6 Å². The van der Waals surface area contributed by atoms with Gasteiger partial charge in [-0.25, -0.2) is 4.79 Å². The van der Waals surface area contributed by atoms with E-state index >= 15 is 0 Å². The number of amides is 1. The first-order valence-electron chi connectivity index (χ1n) is 7.00. The average molecular weight is 268 g/mol. The van der Waals surface area contributed by atoms with Crippen molar-refractivity contribution in [2.45, 2.75) is 58.7 Å². The fourth-order valence-electron chi connectivity index (χ4n) is 2.42. The fourth-order valence-corrected chi connectivity index (χ4v) is 2.42. The van der Waals surface area contributed by atoms with Crippen LogP contribution in [0.3, 0.4) is 0 Å². The fraction of sp³-hybridized carbons (Fsp3) is 0.800. The van der Waals surface area contributed by atoms with Crippen molar-refractivity contribution in [1.29, 1.82) is 0 Å². The molecule has 0 aromatic heterocycles. The first-order chi connectivity index (χ1) is 8.65. The zero-order valence-electron chi connectivity index (χ0n) is 13.4. The molecule has 0 aliphatic carbocycles. The van der Waals surface area contributed by atoms with Crippen LogP contribution in [0, 0.1) is 0 Å². The SMILES string of the molecule is CC[C@@H]1C(C)=C[C@@H](N(C)C)CN1C(=O)OC(C)(C)C. The maximum Gasteiger partial charge on any atom is 0.410 e. The normalized spacial score (nSPS) is 24.4. The van der Waals surface area contributed by atoms with Crippen LogP contribution >= 0.6 is 0 Å². The minimum Gasteiger partial charge on any atom is -0.444 e. The molecule has 0 bridgehead atoms. The molecule has 0 spiro atoms. The standard InChI is InChI=1S/C15H28N2O2/c1-8-13-11(2)9-12(16(6)7)10-17(13)14(18)19-15(3,4)5/h9,12-13H,8,10H2,1-7H3/t12-,13-/m1/s1. The Hall–Kier alpha value is -1.03. The quantitative estimate of drug-likeness (QED) is 0.722. The number of hydrogen-bond acceptors (Lipinski definition) is 3. The van der Waals surface area contributed by atoms with Gasteiger partial charge in [0.05, 0.1) is 6.04 Å². The molecular weight excluding hydrogens is 240 g/mol. The second-order valence-corrected chi connectivity index (χ2v) is 6.50. The van der Waals surface area contributed by atoms with Gasteiger partial charge in [0.2, 0.25) is 0 Å². The van der Waals surface area contributed by atoms with Crippen LogP contribution in [-0.2, 0) is 4.74 Å². The Balaban J connectivity index is 2.91. The van der Waals surface area contributed by atoms with Crippen molar-refractivity contribution >= 4 is 6.09 Å². The van der Waals surface area contributed by atoms with Crippen molar-refractivity contribution in [1.82, 2.24) is 9.80 Å². The third-order valence-electron chi connectivity index (χ3n) is 3.42. The van der Waals surface area contributed by atoms with Crippen LogP contribution in [0.2, 0.25) is 0 Å². The number of carbonyl (C=O) groups is 1. The van der Waals surface area contributed by atoms with Gasteiger partial charge >= 0.3 is 6.09 Å². The third-order valence-corrected chi connectivity index (χ3v) is 3.42. The van der Waals surface area contributed by atoms with Crippen LogP contribution in [-0.4, -0.2) is 54.2 Å². The second-order valence-electron chi connectivity index (χ2n) is 6.50. The lowest BCUT2D eigenvalue weighted by molar-refractivity contribution is 0.0131. The first-order valence-corrected chi connectivity index (χ1v) is 7.00. The van der Waals surface area contributed by atoms with Crippen molar-refractivity contribution in [2.75, 3.05) is 20.6 Å². The maximum absolute atomic E-state index is 12.4. The van der Waals surface area contributed by atoms with Crippen molar-refractivity contribution < 1.29 is 9.53 Å². The molecule has 0 saturated carbocycles. The van der Waals surface area contributed by atoms with E-state index in [1.807, 2.05) is 39.8 Å². The van der Waals surface area contributed by atoms with E-state index < -0.39 is 5.60 Å². The van der Waals surface area contributed by atoms with E-state index in [0.717, 1.165) is 6.42 Å². The zero-order chi connectivity index (χ0) is 14.8. The van der Waals surface area contributed by atoms with Crippen LogP contribution in [0.15, 0.2) is 11.6 Å². The summed E-state index contributed by atoms with van der Waals surface area (Å²) >= 11 is 0. The Kier molecular flexibility index (Phi) is 5.02. The van der Waals surface area contributed by atoms with E-state index in [-0.39, 0.29) is 18.2 Å². The van der Waals surface area contributed by atoms with Crippen molar-refractivity contribution in [2.24, 2.45) is 0 Å². The lowest BCUT2D eigenvalue weighted by Crippen LogP contribution is -2.52. The molecule has 0 aromatic carbocycles. The Morgan fingerprint density at radius 1 is 1.47 bits per heavy atom. The minimum absolute atomic E-state index is 0.158. The van der Waals surface area contributed by atoms with Gasteiger partial charge in [0.1, 0.15) is 5.60 Å². The van der Waals surface area contributed by atoms with E-state index in [1.165, 1.54) is 5.57 Å². The van der Waals surface area contributed by atoms with E-state index in [0.29, 0.717) is 6.54 Å². The Bertz CT molecular complexity index is 356. The van der Waals surface area contributed by atoms with E-state index in [2.05, 4.69) is 24.8 Å². The summed E-state index contributed by atoms with van der Waals surface area (Å²) in [5.41, 5.74) is 0.802. The van der Waals surface area contributed by atoms with Crippen molar-refractivity contribution in [3.8, 4) is 0 Å². The summed E-state index contributed by atoms with van der Waals surface area (Å²) in [6.45, 7) is 10.6. The molecule has 0 saturated heterocycles. The largest absolute Gasteiger partial charge is 0.444 e. The number of nitrogens with zero attached hydrogens (tertiary/aromatic N) is 2. The van der Waals surface area contributed by atoms with Crippen LogP contribution in [0.1, 0.15) is 41.0 Å². The van der Waals surface area contributed by atoms with Gasteiger partial charge in [0.15, 0.2) is 0 Å². The zero-order valence-corrected chi connectivity index (χ0v) is 13.4. The molecule has 0 N–H and O–H groups in total. The Labute approximate surface area is 117 Å². The number of ether oxygens (including phenoxy) is 1. The molecule has 1 aliphatic heterocycles. The molecular formula is C15H28N2O2. The highest BCUT2D eigenvalue weighted by molar-refractivity contribution is 5.69. The highest BCUT2D eigenvalue weighted by Crippen LogP contribution is 2.24. The van der Waals surface area contributed by atoms with Gasteiger partial charge in [0, 0.05) is 12.6 Å². The van der Waals surface area contributed by atoms with Gasteiger partial charge in [-0.3, -0.25) is 4.90 Å². The predicted molar refractivity (Wildman–Crippen MR) is 78.3 cm³/mol. The van der Waals surface area contributed by atoms with Gasteiger partial charge in [-0.05, 0) is 48.2 Å². The molecule has 1 heterocycles. The molecule has 1 amide bonds. The molecule has 0 aromatic rings. The molecule has 0 fully saturated rings. The second kappa shape index (κ2) is 5.95. The van der Waals surface area contributed by atoms with Crippen LogP contribution in [0.5, 0.6) is 0 Å². The van der Waals surface area contributed by atoms with Crippen molar-refractivity contribution in [3.63, 3.8) is 0 Å². The van der Waals surface area contributed by atoms with Gasteiger partial charge in [-0.15, -0.1) is 0 Å². The molecule has 0 radical (unpaired) electrons. The summed E-state index contributed by atoms with van der Waals surface area (Å²) in [6.07, 6.45) is 2.97. The monoisotopic (exact) mass is 268 g/mol. The summed E-state index contributed by atoms with van der Waals surface area (Å²) in [6, 6.07) is 0.418. The predicted octanol–water partition coefficient (Wildman–Crippen LogP) is 2.89. The minimum atomic E-state index is -0.446. The number of rotatable bonds is 2. The van der Waals surface area contributed by atoms with Gasteiger partial charge in [0.25, 0.3) is 0 Å². The van der Waals surface area contributed by atoms with Gasteiger partial charge in [-0.2, -0.15) is 0 Å². The number of likely N-dealkylation sites (N-methyl/N-ethyl adjacent to an activating group) is 1. The molecule has 0 unspecified atom stereocenters. The molecule has 110 valence electrons. The summed E-state index contributed by atoms with van der Waals surface area (Å²) < 4.78 is 5.53. The smallest absolute Gasteiger partial charge is 0.410 e. The molecule has 4 heteroatoms.